The lowest BCUT2D eigenvalue weighted by Gasteiger charge is -2.17. The van der Waals surface area contributed by atoms with Gasteiger partial charge in [0.05, 0.1) is 8.07 Å². The average Bonchev–Trinajstić information content (AvgIpc) is 2.46. The van der Waals surface area contributed by atoms with Crippen molar-refractivity contribution in [2.45, 2.75) is 26.6 Å². The summed E-state index contributed by atoms with van der Waals surface area (Å²) in [7, 11) is -1.17. The number of thiophene rings is 1. The minimum atomic E-state index is -1.17. The van der Waals surface area contributed by atoms with Gasteiger partial charge in [-0.05, 0) is 28.4 Å². The maximum atomic E-state index is 2.41. The second kappa shape index (κ2) is 3.21. The molecular formula is C12H16SSi. The monoisotopic (exact) mass is 220 g/mol. The van der Waals surface area contributed by atoms with Crippen molar-refractivity contribution in [2.75, 3.05) is 0 Å². The van der Waals surface area contributed by atoms with E-state index in [1.54, 1.807) is 5.19 Å². The highest BCUT2D eigenvalue weighted by atomic mass is 32.1. The quantitative estimate of drug-likeness (QED) is 0.642. The van der Waals surface area contributed by atoms with Gasteiger partial charge in [-0.15, -0.1) is 11.3 Å². The Bertz CT molecular complexity index is 463. The molecule has 0 atom stereocenters. The third kappa shape index (κ3) is 1.53. The van der Waals surface area contributed by atoms with Gasteiger partial charge >= 0.3 is 0 Å². The topological polar surface area (TPSA) is 0 Å². The van der Waals surface area contributed by atoms with Crippen molar-refractivity contribution in [2.24, 2.45) is 0 Å². The summed E-state index contributed by atoms with van der Waals surface area (Å²) in [6, 6.07) is 6.75. The van der Waals surface area contributed by atoms with E-state index in [9.17, 15) is 0 Å². The first kappa shape index (κ1) is 9.93. The largest absolute Gasteiger partial charge is 0.144 e. The van der Waals surface area contributed by atoms with Crippen molar-refractivity contribution in [1.29, 1.82) is 0 Å². The zero-order chi connectivity index (χ0) is 10.3. The molecule has 0 nitrogen and oxygen atoms in total. The van der Waals surface area contributed by atoms with Gasteiger partial charge in [-0.2, -0.15) is 0 Å². The molecule has 2 aromatic rings. The minimum absolute atomic E-state index is 1.17. The van der Waals surface area contributed by atoms with E-state index in [0.717, 1.165) is 0 Å². The van der Waals surface area contributed by atoms with E-state index in [0.29, 0.717) is 0 Å². The van der Waals surface area contributed by atoms with Gasteiger partial charge < -0.3 is 0 Å². The highest BCUT2D eigenvalue weighted by Crippen LogP contribution is 2.25. The molecule has 0 amide bonds. The number of aryl methyl sites for hydroxylation is 1. The van der Waals surface area contributed by atoms with Gasteiger partial charge in [0.1, 0.15) is 0 Å². The lowest BCUT2D eigenvalue weighted by atomic mass is 10.2. The van der Waals surface area contributed by atoms with Gasteiger partial charge in [0.15, 0.2) is 0 Å². The molecule has 0 fully saturated rings. The van der Waals surface area contributed by atoms with Crippen LogP contribution in [0.1, 0.15) is 5.56 Å². The summed E-state index contributed by atoms with van der Waals surface area (Å²) >= 11 is 1.90. The molecule has 0 bridgehead atoms. The van der Waals surface area contributed by atoms with Crippen molar-refractivity contribution < 1.29 is 0 Å². The smallest absolute Gasteiger partial charge is 0.0794 e. The van der Waals surface area contributed by atoms with Gasteiger partial charge in [0, 0.05) is 4.70 Å². The first-order valence-electron chi connectivity index (χ1n) is 4.97. The lowest BCUT2D eigenvalue weighted by Crippen LogP contribution is -2.37. The van der Waals surface area contributed by atoms with Crippen LogP contribution < -0.4 is 5.19 Å². The number of hydrogen-bond donors (Lipinski definition) is 0. The Kier molecular flexibility index (Phi) is 2.28. The fourth-order valence-electron chi connectivity index (χ4n) is 1.78. The van der Waals surface area contributed by atoms with Gasteiger partial charge in [-0.3, -0.25) is 0 Å². The highest BCUT2D eigenvalue weighted by molar-refractivity contribution is 7.19. The summed E-state index contributed by atoms with van der Waals surface area (Å²) in [6.45, 7) is 9.44. The summed E-state index contributed by atoms with van der Waals surface area (Å²) in [5.74, 6) is 0. The molecule has 14 heavy (non-hydrogen) atoms. The second-order valence-corrected chi connectivity index (χ2v) is 10.8. The molecule has 1 aromatic carbocycles. The summed E-state index contributed by atoms with van der Waals surface area (Å²) < 4.78 is 1.52. The number of benzene rings is 1. The van der Waals surface area contributed by atoms with E-state index in [1.807, 2.05) is 11.3 Å². The zero-order valence-electron chi connectivity index (χ0n) is 9.22. The normalized spacial score (nSPS) is 12.3. The molecule has 2 rings (SSSR count). The lowest BCUT2D eigenvalue weighted by molar-refractivity contribution is 1.60. The average molecular weight is 220 g/mol. The van der Waals surface area contributed by atoms with E-state index < -0.39 is 8.07 Å². The Morgan fingerprint density at radius 2 is 1.86 bits per heavy atom. The molecule has 0 spiro atoms. The summed E-state index contributed by atoms with van der Waals surface area (Å²) in [4.78, 5) is 0. The maximum absolute atomic E-state index is 2.41. The van der Waals surface area contributed by atoms with Crippen molar-refractivity contribution in [3.05, 3.63) is 29.1 Å². The highest BCUT2D eigenvalue weighted by Gasteiger charge is 2.19. The van der Waals surface area contributed by atoms with Gasteiger partial charge in [-0.25, -0.2) is 0 Å². The summed E-state index contributed by atoms with van der Waals surface area (Å²) in [6.07, 6.45) is 0. The molecular weight excluding hydrogens is 204 g/mol. The fourth-order valence-corrected chi connectivity index (χ4v) is 5.26. The Morgan fingerprint density at radius 3 is 2.50 bits per heavy atom. The van der Waals surface area contributed by atoms with E-state index in [-0.39, 0.29) is 0 Å². The second-order valence-electron chi connectivity index (χ2n) is 4.85. The Morgan fingerprint density at radius 1 is 1.14 bits per heavy atom. The molecule has 1 aromatic heterocycles. The zero-order valence-corrected chi connectivity index (χ0v) is 11.0. The van der Waals surface area contributed by atoms with Crippen molar-refractivity contribution >= 4 is 34.7 Å². The van der Waals surface area contributed by atoms with Crippen LogP contribution in [-0.4, -0.2) is 8.07 Å². The predicted octanol–water partition coefficient (Wildman–Crippen LogP) is 3.75. The van der Waals surface area contributed by atoms with E-state index in [4.69, 9.17) is 0 Å². The van der Waals surface area contributed by atoms with Crippen LogP contribution in [0.5, 0.6) is 0 Å². The molecule has 74 valence electrons. The molecule has 0 aliphatic rings. The number of rotatable bonds is 1. The Hall–Kier alpha value is -0.603. The van der Waals surface area contributed by atoms with Gasteiger partial charge in [0.2, 0.25) is 0 Å². The van der Waals surface area contributed by atoms with E-state index >= 15 is 0 Å². The SMILES string of the molecule is Cc1csc2c([Si](C)(C)C)cccc12. The van der Waals surface area contributed by atoms with Crippen LogP contribution in [-0.2, 0) is 0 Å². The molecule has 0 saturated carbocycles. The molecule has 0 saturated heterocycles. The molecule has 0 aliphatic carbocycles. The minimum Gasteiger partial charge on any atom is -0.144 e. The first-order chi connectivity index (χ1) is 6.50. The van der Waals surface area contributed by atoms with Crippen LogP contribution in [0.25, 0.3) is 10.1 Å². The fraction of sp³-hybridized carbons (Fsp3) is 0.333. The Labute approximate surface area is 90.6 Å². The van der Waals surface area contributed by atoms with E-state index in [1.165, 1.54) is 15.6 Å². The predicted molar refractivity (Wildman–Crippen MR) is 69.5 cm³/mol. The van der Waals surface area contributed by atoms with Crippen molar-refractivity contribution in [1.82, 2.24) is 0 Å². The van der Waals surface area contributed by atoms with Crippen molar-refractivity contribution in [3.63, 3.8) is 0 Å². The van der Waals surface area contributed by atoms with Crippen LogP contribution >= 0.6 is 11.3 Å². The van der Waals surface area contributed by atoms with Gasteiger partial charge in [0.25, 0.3) is 0 Å². The van der Waals surface area contributed by atoms with Crippen LogP contribution in [0.15, 0.2) is 23.6 Å². The standard InChI is InChI=1S/C12H16SSi/c1-9-8-13-12-10(9)6-5-7-11(12)14(2,3)4/h5-8H,1-4H3. The molecule has 1 heterocycles. The van der Waals surface area contributed by atoms with Crippen LogP contribution in [0.2, 0.25) is 19.6 Å². The van der Waals surface area contributed by atoms with Crippen LogP contribution in [0, 0.1) is 6.92 Å². The maximum Gasteiger partial charge on any atom is 0.0794 e. The third-order valence-electron chi connectivity index (χ3n) is 2.60. The molecule has 0 unspecified atom stereocenters. The Balaban J connectivity index is 2.79. The molecule has 2 heteroatoms. The van der Waals surface area contributed by atoms with Crippen LogP contribution in [0.3, 0.4) is 0 Å². The van der Waals surface area contributed by atoms with Gasteiger partial charge in [-0.1, -0.05) is 37.8 Å². The van der Waals surface area contributed by atoms with Crippen LogP contribution in [0.4, 0.5) is 0 Å². The summed E-state index contributed by atoms with van der Waals surface area (Å²) in [5, 5.41) is 5.33. The summed E-state index contributed by atoms with van der Waals surface area (Å²) in [5.41, 5.74) is 1.42. The van der Waals surface area contributed by atoms with Crippen molar-refractivity contribution in [3.8, 4) is 0 Å². The number of fused-ring (bicyclic) bond motifs is 1. The third-order valence-corrected chi connectivity index (χ3v) is 5.96. The molecule has 0 N–H and O–H groups in total. The molecule has 0 radical (unpaired) electrons. The van der Waals surface area contributed by atoms with E-state index in [2.05, 4.69) is 50.1 Å². The number of hydrogen-bond acceptors (Lipinski definition) is 1. The molecule has 0 aliphatic heterocycles. The first-order valence-corrected chi connectivity index (χ1v) is 9.35.